The molecule has 4 fully saturated rings. The molecule has 5 aliphatic heterocycles. The van der Waals surface area contributed by atoms with Crippen molar-refractivity contribution < 1.29 is 23.9 Å². The highest BCUT2D eigenvalue weighted by Crippen LogP contribution is 2.36. The van der Waals surface area contributed by atoms with Crippen molar-refractivity contribution >= 4 is 46.3 Å². The van der Waals surface area contributed by atoms with Crippen LogP contribution in [-0.4, -0.2) is 128 Å². The van der Waals surface area contributed by atoms with Gasteiger partial charge >= 0.3 is 6.03 Å². The molecule has 0 radical (unpaired) electrons. The van der Waals surface area contributed by atoms with Gasteiger partial charge in [-0.3, -0.25) is 24.6 Å². The molecule has 1 atom stereocenters. The van der Waals surface area contributed by atoms with E-state index in [-0.39, 0.29) is 36.2 Å². The van der Waals surface area contributed by atoms with Gasteiger partial charge in [-0.15, -0.1) is 0 Å². The number of piperidine rings is 3. The summed E-state index contributed by atoms with van der Waals surface area (Å²) in [5.41, 5.74) is 11.5. The molecular weight excluding hydrogens is 811 g/mol. The molecule has 7 heterocycles. The Balaban J connectivity index is 0.659. The molecule has 0 spiro atoms. The summed E-state index contributed by atoms with van der Waals surface area (Å²) in [4.78, 5) is 70.5. The van der Waals surface area contributed by atoms with Gasteiger partial charge in [-0.25, -0.2) is 19.4 Å². The Kier molecular flexibility index (Phi) is 11.6. The van der Waals surface area contributed by atoms with Crippen molar-refractivity contribution in [3.63, 3.8) is 0 Å². The largest absolute Gasteiger partial charge is 0.457 e. The summed E-state index contributed by atoms with van der Waals surface area (Å²) in [5.74, 6) is 1.78. The SMILES string of the molecule is Nc1ncnc2c1c(-c1ccc(Oc3ccccc3)cc1)nn2C1CCN(C(=O)N2CCN(CCCC3CCN(c4ccc5c(c4)CN(C4CCC(=O)NC4=O)C5=O)CC3)CC2)CC1. The Hall–Kier alpha value is -6.55. The van der Waals surface area contributed by atoms with Gasteiger partial charge in [0.05, 0.1) is 11.4 Å². The number of ether oxygens (including phenoxy) is 1. The van der Waals surface area contributed by atoms with E-state index in [1.165, 1.54) is 12.7 Å². The van der Waals surface area contributed by atoms with Crippen LogP contribution in [0.1, 0.15) is 73.3 Å². The lowest BCUT2D eigenvalue weighted by molar-refractivity contribution is -0.136. The number of hydrogen-bond acceptors (Lipinski definition) is 11. The molecular formula is C48H55N11O5. The van der Waals surface area contributed by atoms with Crippen molar-refractivity contribution in [2.75, 3.05) is 69.5 Å². The molecule has 3 aromatic carbocycles. The molecule has 10 rings (SSSR count). The molecule has 5 aromatic rings. The summed E-state index contributed by atoms with van der Waals surface area (Å²) < 4.78 is 7.99. The third-order valence-corrected chi connectivity index (χ3v) is 13.9. The lowest BCUT2D eigenvalue weighted by Crippen LogP contribution is -2.54. The van der Waals surface area contributed by atoms with Crippen LogP contribution in [0.15, 0.2) is 79.1 Å². The van der Waals surface area contributed by atoms with E-state index >= 15 is 0 Å². The number of anilines is 2. The minimum Gasteiger partial charge on any atom is -0.457 e. The van der Waals surface area contributed by atoms with Gasteiger partial charge in [0.1, 0.15) is 35.4 Å². The first-order valence-corrected chi connectivity index (χ1v) is 22.9. The van der Waals surface area contributed by atoms with Crippen LogP contribution in [0.25, 0.3) is 22.3 Å². The van der Waals surface area contributed by atoms with Crippen LogP contribution in [0.2, 0.25) is 0 Å². The molecule has 0 bridgehead atoms. The van der Waals surface area contributed by atoms with E-state index in [4.69, 9.17) is 15.6 Å². The molecule has 3 N–H and O–H groups in total. The number of nitrogens with one attached hydrogen (secondary N) is 1. The number of hydrogen-bond donors (Lipinski definition) is 2. The summed E-state index contributed by atoms with van der Waals surface area (Å²) in [6.45, 7) is 7.99. The monoisotopic (exact) mass is 865 g/mol. The van der Waals surface area contributed by atoms with E-state index in [1.807, 2.05) is 81.2 Å². The number of rotatable bonds is 10. The Labute approximate surface area is 372 Å². The fraction of sp³-hybridized carbons (Fsp3) is 0.438. The number of carbonyl (C=O) groups excluding carboxylic acids is 4. The normalized spacial score (nSPS) is 20.2. The van der Waals surface area contributed by atoms with Gasteiger partial charge in [-0.05, 0) is 118 Å². The number of amides is 5. The van der Waals surface area contributed by atoms with Gasteiger partial charge in [0.15, 0.2) is 5.65 Å². The average molecular weight is 866 g/mol. The summed E-state index contributed by atoms with van der Waals surface area (Å²) >= 11 is 0. The van der Waals surface area contributed by atoms with Gasteiger partial charge in [0.2, 0.25) is 11.8 Å². The molecule has 5 aliphatic rings. The van der Waals surface area contributed by atoms with Crippen molar-refractivity contribution in [2.45, 2.75) is 70.0 Å². The predicted octanol–water partition coefficient (Wildman–Crippen LogP) is 5.70. The molecule has 1 unspecified atom stereocenters. The Morgan fingerprint density at radius 3 is 2.28 bits per heavy atom. The van der Waals surface area contributed by atoms with E-state index < -0.39 is 6.04 Å². The standard InChI is InChI=1S/C48H55N11O5/c49-44-42-43(33-8-11-38(12-9-33)64-37-6-2-1-3-7-37)53-59(45(42)51-31-50-44)35-18-23-56(24-19-35)48(63)57-27-25-54(26-28-57)20-4-5-32-16-21-55(22-17-32)36-10-13-39-34(29-36)30-58(47(39)62)40-14-15-41(60)52-46(40)61/h1-3,6-13,29,31-32,35,40H,4-5,14-28,30H2,(H2,49,50,51)(H,52,60,61). The Morgan fingerprint density at radius 2 is 1.53 bits per heavy atom. The smallest absolute Gasteiger partial charge is 0.320 e. The number of carbonyl (C=O) groups is 4. The first-order valence-electron chi connectivity index (χ1n) is 22.9. The van der Waals surface area contributed by atoms with Crippen LogP contribution in [0, 0.1) is 5.92 Å². The van der Waals surface area contributed by atoms with Gasteiger partial charge in [-0.1, -0.05) is 18.2 Å². The quantitative estimate of drug-likeness (QED) is 0.165. The first-order chi connectivity index (χ1) is 31.3. The summed E-state index contributed by atoms with van der Waals surface area (Å²) in [5, 5.41) is 8.18. The fourth-order valence-electron chi connectivity index (χ4n) is 10.3. The third-order valence-electron chi connectivity index (χ3n) is 13.9. The second kappa shape index (κ2) is 17.9. The molecule has 2 aromatic heterocycles. The minimum absolute atomic E-state index is 0.0743. The average Bonchev–Trinajstić information content (AvgIpc) is 3.88. The number of fused-ring (bicyclic) bond motifs is 2. The minimum atomic E-state index is -0.597. The van der Waals surface area contributed by atoms with Crippen LogP contribution in [0.5, 0.6) is 11.5 Å². The second-order valence-electron chi connectivity index (χ2n) is 17.8. The molecule has 16 nitrogen and oxygen atoms in total. The van der Waals surface area contributed by atoms with Crippen molar-refractivity contribution in [2.24, 2.45) is 5.92 Å². The number of benzene rings is 3. The van der Waals surface area contributed by atoms with Crippen molar-refractivity contribution in [3.8, 4) is 22.8 Å². The number of piperazine rings is 1. The molecule has 64 heavy (non-hydrogen) atoms. The zero-order valence-electron chi connectivity index (χ0n) is 36.1. The van der Waals surface area contributed by atoms with E-state index in [0.717, 1.165) is 117 Å². The van der Waals surface area contributed by atoms with Gasteiger partial charge in [-0.2, -0.15) is 5.10 Å². The maximum absolute atomic E-state index is 13.7. The number of para-hydroxylation sites is 1. The Morgan fingerprint density at radius 1 is 0.797 bits per heavy atom. The van der Waals surface area contributed by atoms with E-state index in [2.05, 4.69) is 31.2 Å². The predicted molar refractivity (Wildman–Crippen MR) is 242 cm³/mol. The highest BCUT2D eigenvalue weighted by Gasteiger charge is 2.39. The number of nitrogens with zero attached hydrogens (tertiary/aromatic N) is 9. The van der Waals surface area contributed by atoms with Crippen molar-refractivity contribution in [3.05, 3.63) is 90.3 Å². The van der Waals surface area contributed by atoms with E-state index in [9.17, 15) is 19.2 Å². The van der Waals surface area contributed by atoms with Crippen molar-refractivity contribution in [1.29, 1.82) is 0 Å². The van der Waals surface area contributed by atoms with Gasteiger partial charge in [0, 0.05) is 82.1 Å². The van der Waals surface area contributed by atoms with E-state index in [0.29, 0.717) is 49.0 Å². The van der Waals surface area contributed by atoms with E-state index in [1.54, 1.807) is 4.90 Å². The number of aromatic nitrogens is 4. The van der Waals surface area contributed by atoms with Gasteiger partial charge < -0.3 is 30.1 Å². The number of urea groups is 1. The number of imide groups is 1. The fourth-order valence-corrected chi connectivity index (χ4v) is 10.3. The zero-order valence-corrected chi connectivity index (χ0v) is 36.1. The lowest BCUT2D eigenvalue weighted by atomic mass is 9.91. The zero-order chi connectivity index (χ0) is 43.7. The number of likely N-dealkylation sites (tertiary alicyclic amines) is 1. The number of nitrogens with two attached hydrogens (primary N) is 1. The topological polar surface area (TPSA) is 175 Å². The van der Waals surface area contributed by atoms with Crippen LogP contribution < -0.4 is 20.7 Å². The van der Waals surface area contributed by atoms with Crippen LogP contribution in [0.4, 0.5) is 16.3 Å². The highest BCUT2D eigenvalue weighted by molar-refractivity contribution is 6.05. The molecule has 16 heteroatoms. The first kappa shape index (κ1) is 41.5. The molecule has 5 amide bonds. The highest BCUT2D eigenvalue weighted by atomic mass is 16.5. The summed E-state index contributed by atoms with van der Waals surface area (Å²) in [6, 6.07) is 23.1. The summed E-state index contributed by atoms with van der Waals surface area (Å²) in [7, 11) is 0. The molecule has 332 valence electrons. The second-order valence-corrected chi connectivity index (χ2v) is 17.8. The molecule has 0 aliphatic carbocycles. The summed E-state index contributed by atoms with van der Waals surface area (Å²) in [6.07, 6.45) is 8.27. The van der Waals surface area contributed by atoms with Crippen molar-refractivity contribution in [1.82, 2.24) is 44.7 Å². The maximum atomic E-state index is 13.7. The van der Waals surface area contributed by atoms with Crippen LogP contribution in [0.3, 0.4) is 0 Å². The maximum Gasteiger partial charge on any atom is 0.320 e. The third kappa shape index (κ3) is 8.45. The van der Waals surface area contributed by atoms with Crippen LogP contribution in [-0.2, 0) is 16.1 Å². The van der Waals surface area contributed by atoms with Crippen LogP contribution >= 0.6 is 0 Å². The van der Waals surface area contributed by atoms with Gasteiger partial charge in [0.25, 0.3) is 5.91 Å². The molecule has 4 saturated heterocycles. The molecule has 0 saturated carbocycles. The lowest BCUT2D eigenvalue weighted by Gasteiger charge is -2.40. The number of nitrogen functional groups attached to an aromatic ring is 1. The Bertz CT molecular complexity index is 2520.